The van der Waals surface area contributed by atoms with Gasteiger partial charge in [0.05, 0.1) is 0 Å². The Hall–Kier alpha value is -2.24. The van der Waals surface area contributed by atoms with E-state index < -0.39 is 0 Å². The van der Waals surface area contributed by atoms with Crippen molar-refractivity contribution in [3.63, 3.8) is 0 Å². The lowest BCUT2D eigenvalue weighted by Gasteiger charge is -2.02. The minimum atomic E-state index is -0.206. The van der Waals surface area contributed by atoms with Gasteiger partial charge in [0, 0.05) is 16.0 Å². The fourth-order valence-electron chi connectivity index (χ4n) is 2.47. The van der Waals surface area contributed by atoms with Gasteiger partial charge < -0.3 is 0 Å². The number of rotatable bonds is 4. The molecule has 0 saturated carbocycles. The van der Waals surface area contributed by atoms with Crippen LogP contribution in [0, 0.1) is 5.82 Å². The number of nitrogens with zero attached hydrogens (tertiary/aromatic N) is 2. The van der Waals surface area contributed by atoms with Crippen molar-refractivity contribution in [3.8, 4) is 10.4 Å². The number of fused-ring (bicyclic) bond motifs is 1. The Labute approximate surface area is 147 Å². The number of hydrogen-bond donors (Lipinski definition) is 0. The molecule has 0 amide bonds. The van der Waals surface area contributed by atoms with Gasteiger partial charge in [0.25, 0.3) is 0 Å². The second kappa shape index (κ2) is 6.71. The Morgan fingerprint density at radius 1 is 0.958 bits per heavy atom. The van der Waals surface area contributed by atoms with Crippen LogP contribution in [0.2, 0.25) is 0 Å². The van der Waals surface area contributed by atoms with Crippen LogP contribution < -0.4 is 0 Å². The van der Waals surface area contributed by atoms with Crippen molar-refractivity contribution in [2.45, 2.75) is 10.8 Å². The zero-order chi connectivity index (χ0) is 16.4. The molecule has 2 heterocycles. The predicted molar refractivity (Wildman–Crippen MR) is 98.8 cm³/mol. The quantitative estimate of drug-likeness (QED) is 0.343. The summed E-state index contributed by atoms with van der Waals surface area (Å²) in [6.07, 6.45) is 1.60. The Kier molecular flexibility index (Phi) is 4.28. The smallest absolute Gasteiger partial charge is 0.128 e. The minimum absolute atomic E-state index is 0.206. The monoisotopic (exact) mass is 352 g/mol. The number of thioether (sulfide) groups is 1. The standard InChI is InChI=1S/C19H13FN2S2/c20-15-8-4-5-13(9-15)11-23-18-16-10-17(14-6-2-1-3-7-14)24-19(16)22-12-21-18/h1-10,12H,11H2. The summed E-state index contributed by atoms with van der Waals surface area (Å²) in [7, 11) is 0. The molecule has 118 valence electrons. The van der Waals surface area contributed by atoms with Gasteiger partial charge in [-0.05, 0) is 29.3 Å². The molecule has 4 aromatic rings. The number of thiophene rings is 1. The fourth-order valence-corrected chi connectivity index (χ4v) is 4.46. The molecule has 0 fully saturated rings. The lowest BCUT2D eigenvalue weighted by atomic mass is 10.2. The molecule has 0 aliphatic carbocycles. The highest BCUT2D eigenvalue weighted by molar-refractivity contribution is 7.98. The SMILES string of the molecule is Fc1cccc(CSc2ncnc3sc(-c4ccccc4)cc23)c1. The number of halogens is 1. The van der Waals surface area contributed by atoms with Crippen molar-refractivity contribution in [3.05, 3.63) is 78.4 Å². The molecule has 0 spiro atoms. The van der Waals surface area contributed by atoms with E-state index >= 15 is 0 Å². The van der Waals surface area contributed by atoms with Gasteiger partial charge in [-0.15, -0.1) is 23.1 Å². The van der Waals surface area contributed by atoms with Crippen LogP contribution in [0.3, 0.4) is 0 Å². The highest BCUT2D eigenvalue weighted by atomic mass is 32.2. The van der Waals surface area contributed by atoms with Crippen molar-refractivity contribution in [2.24, 2.45) is 0 Å². The molecule has 0 saturated heterocycles. The third-order valence-corrected chi connectivity index (χ3v) is 5.78. The van der Waals surface area contributed by atoms with Gasteiger partial charge in [-0.1, -0.05) is 42.5 Å². The predicted octanol–water partition coefficient (Wildman–Crippen LogP) is 5.79. The van der Waals surface area contributed by atoms with E-state index in [0.717, 1.165) is 20.8 Å². The topological polar surface area (TPSA) is 25.8 Å². The largest absolute Gasteiger partial charge is 0.229 e. The summed E-state index contributed by atoms with van der Waals surface area (Å²) < 4.78 is 13.3. The van der Waals surface area contributed by atoms with E-state index in [0.29, 0.717) is 5.75 Å². The zero-order valence-electron chi connectivity index (χ0n) is 12.6. The van der Waals surface area contributed by atoms with Gasteiger partial charge >= 0.3 is 0 Å². The molecule has 0 radical (unpaired) electrons. The molecule has 24 heavy (non-hydrogen) atoms. The number of aromatic nitrogens is 2. The van der Waals surface area contributed by atoms with Gasteiger partial charge in [-0.2, -0.15) is 0 Å². The normalized spacial score (nSPS) is 11.0. The second-order valence-electron chi connectivity index (χ2n) is 5.29. The van der Waals surface area contributed by atoms with Crippen LogP contribution in [0.15, 0.2) is 72.0 Å². The van der Waals surface area contributed by atoms with Gasteiger partial charge in [0.15, 0.2) is 0 Å². The van der Waals surface area contributed by atoms with E-state index in [-0.39, 0.29) is 5.82 Å². The van der Waals surface area contributed by atoms with Crippen LogP contribution in [0.5, 0.6) is 0 Å². The summed E-state index contributed by atoms with van der Waals surface area (Å²) in [6, 6.07) is 19.1. The maximum absolute atomic E-state index is 13.3. The van der Waals surface area contributed by atoms with Crippen LogP contribution in [0.1, 0.15) is 5.56 Å². The first-order chi connectivity index (χ1) is 11.8. The van der Waals surface area contributed by atoms with Crippen LogP contribution in [0.4, 0.5) is 4.39 Å². The van der Waals surface area contributed by atoms with Crippen LogP contribution in [-0.4, -0.2) is 9.97 Å². The van der Waals surface area contributed by atoms with Gasteiger partial charge in [-0.25, -0.2) is 14.4 Å². The van der Waals surface area contributed by atoms with Gasteiger partial charge in [0.2, 0.25) is 0 Å². The summed E-state index contributed by atoms with van der Waals surface area (Å²) in [4.78, 5) is 11.0. The average molecular weight is 352 g/mol. The summed E-state index contributed by atoms with van der Waals surface area (Å²) in [5, 5.41) is 1.99. The van der Waals surface area contributed by atoms with E-state index in [4.69, 9.17) is 0 Å². The molecule has 0 atom stereocenters. The molecule has 4 rings (SSSR count). The maximum atomic E-state index is 13.3. The van der Waals surface area contributed by atoms with Crippen molar-refractivity contribution >= 4 is 33.3 Å². The first-order valence-corrected chi connectivity index (χ1v) is 9.27. The zero-order valence-corrected chi connectivity index (χ0v) is 14.3. The van der Waals surface area contributed by atoms with E-state index in [2.05, 4.69) is 28.2 Å². The molecule has 2 aromatic heterocycles. The van der Waals surface area contributed by atoms with Crippen molar-refractivity contribution in [1.82, 2.24) is 9.97 Å². The summed E-state index contributed by atoms with van der Waals surface area (Å²) in [5.41, 5.74) is 2.13. The Bertz CT molecular complexity index is 983. The first-order valence-electron chi connectivity index (χ1n) is 7.47. The molecule has 2 nitrogen and oxygen atoms in total. The van der Waals surface area contributed by atoms with Crippen LogP contribution in [-0.2, 0) is 5.75 Å². The van der Waals surface area contributed by atoms with E-state index in [1.807, 2.05) is 24.3 Å². The Balaban J connectivity index is 1.65. The van der Waals surface area contributed by atoms with E-state index in [1.165, 1.54) is 16.5 Å². The molecule has 0 aliphatic rings. The fraction of sp³-hybridized carbons (Fsp3) is 0.0526. The first kappa shape index (κ1) is 15.3. The third-order valence-electron chi connectivity index (χ3n) is 3.62. The lowest BCUT2D eigenvalue weighted by Crippen LogP contribution is -1.86. The number of hydrogen-bond acceptors (Lipinski definition) is 4. The second-order valence-corrected chi connectivity index (χ2v) is 7.29. The maximum Gasteiger partial charge on any atom is 0.128 e. The minimum Gasteiger partial charge on any atom is -0.229 e. The van der Waals surface area contributed by atoms with Crippen LogP contribution in [0.25, 0.3) is 20.7 Å². The van der Waals surface area contributed by atoms with Crippen molar-refractivity contribution in [2.75, 3.05) is 0 Å². The van der Waals surface area contributed by atoms with Gasteiger partial charge in [-0.3, -0.25) is 0 Å². The average Bonchev–Trinajstić information content (AvgIpc) is 3.06. The molecule has 0 unspecified atom stereocenters. The highest BCUT2D eigenvalue weighted by Gasteiger charge is 2.10. The lowest BCUT2D eigenvalue weighted by molar-refractivity contribution is 0.626. The highest BCUT2D eigenvalue weighted by Crippen LogP contribution is 2.36. The van der Waals surface area contributed by atoms with Gasteiger partial charge in [0.1, 0.15) is 22.0 Å². The molecular formula is C19H13FN2S2. The van der Waals surface area contributed by atoms with E-state index in [1.54, 1.807) is 41.6 Å². The molecular weight excluding hydrogens is 339 g/mol. The third kappa shape index (κ3) is 3.18. The molecule has 0 bridgehead atoms. The molecule has 0 N–H and O–H groups in total. The Morgan fingerprint density at radius 3 is 2.67 bits per heavy atom. The summed E-state index contributed by atoms with van der Waals surface area (Å²) >= 11 is 3.27. The van der Waals surface area contributed by atoms with Crippen molar-refractivity contribution in [1.29, 1.82) is 0 Å². The Morgan fingerprint density at radius 2 is 1.83 bits per heavy atom. The summed E-state index contributed by atoms with van der Waals surface area (Å²) in [6.45, 7) is 0. The van der Waals surface area contributed by atoms with Crippen molar-refractivity contribution < 1.29 is 4.39 Å². The molecule has 0 aliphatic heterocycles. The number of benzene rings is 2. The molecule has 5 heteroatoms. The van der Waals surface area contributed by atoms with Crippen LogP contribution >= 0.6 is 23.1 Å². The summed E-state index contributed by atoms with van der Waals surface area (Å²) in [5.74, 6) is 0.475. The molecule has 2 aromatic carbocycles. The van der Waals surface area contributed by atoms with E-state index in [9.17, 15) is 4.39 Å².